The Morgan fingerprint density at radius 2 is 2.25 bits per heavy atom. The third-order valence-corrected chi connectivity index (χ3v) is 1.67. The van der Waals surface area contributed by atoms with Crippen molar-refractivity contribution in [3.05, 3.63) is 29.6 Å². The number of aryl methyl sites for hydroxylation is 1. The van der Waals surface area contributed by atoms with E-state index in [2.05, 4.69) is 12.6 Å². The molecule has 0 spiro atoms. The summed E-state index contributed by atoms with van der Waals surface area (Å²) in [5.41, 5.74) is 0.816. The molecule has 0 unspecified atom stereocenters. The number of thiol groups is 1. The fraction of sp³-hybridized carbons (Fsp3) is 0.333. The molecule has 0 aliphatic rings. The third kappa shape index (κ3) is 2.41. The molecule has 0 bridgehead atoms. The van der Waals surface area contributed by atoms with Gasteiger partial charge >= 0.3 is 0 Å². The Balaban J connectivity index is 2.72. The molecule has 66 valence electrons. The first-order valence-electron chi connectivity index (χ1n) is 3.74. The largest absolute Gasteiger partial charge is 0.492 e. The summed E-state index contributed by atoms with van der Waals surface area (Å²) < 4.78 is 17.9. The number of hydrogen-bond acceptors (Lipinski definition) is 2. The second-order valence-electron chi connectivity index (χ2n) is 2.48. The Morgan fingerprint density at radius 3 is 2.83 bits per heavy atom. The predicted octanol–water partition coefficient (Wildman–Crippen LogP) is 2.44. The summed E-state index contributed by atoms with van der Waals surface area (Å²) in [4.78, 5) is 0. The smallest absolute Gasteiger partial charge is 0.123 e. The van der Waals surface area contributed by atoms with Gasteiger partial charge in [0.25, 0.3) is 0 Å². The van der Waals surface area contributed by atoms with Crippen molar-refractivity contribution < 1.29 is 9.13 Å². The average molecular weight is 186 g/mol. The molecule has 12 heavy (non-hydrogen) atoms. The van der Waals surface area contributed by atoms with Crippen molar-refractivity contribution in [2.75, 3.05) is 12.4 Å². The van der Waals surface area contributed by atoms with Crippen LogP contribution in [0.15, 0.2) is 18.2 Å². The molecule has 3 heteroatoms. The second-order valence-corrected chi connectivity index (χ2v) is 2.93. The van der Waals surface area contributed by atoms with Crippen LogP contribution in [0.2, 0.25) is 0 Å². The number of benzene rings is 1. The summed E-state index contributed by atoms with van der Waals surface area (Å²) in [5, 5.41) is 0. The fourth-order valence-corrected chi connectivity index (χ4v) is 1.02. The van der Waals surface area contributed by atoms with Gasteiger partial charge < -0.3 is 4.74 Å². The van der Waals surface area contributed by atoms with Crippen molar-refractivity contribution in [1.82, 2.24) is 0 Å². The molecule has 1 rings (SSSR count). The van der Waals surface area contributed by atoms with Crippen LogP contribution in [0.4, 0.5) is 4.39 Å². The predicted molar refractivity (Wildman–Crippen MR) is 50.5 cm³/mol. The summed E-state index contributed by atoms with van der Waals surface area (Å²) in [6.45, 7) is 2.37. The highest BCUT2D eigenvalue weighted by Gasteiger charge is 1.99. The highest BCUT2D eigenvalue weighted by atomic mass is 32.1. The number of rotatable bonds is 3. The number of hydrogen-bond donors (Lipinski definition) is 1. The van der Waals surface area contributed by atoms with Crippen molar-refractivity contribution in [3.63, 3.8) is 0 Å². The normalized spacial score (nSPS) is 9.92. The highest BCUT2D eigenvalue weighted by Crippen LogP contribution is 2.17. The summed E-state index contributed by atoms with van der Waals surface area (Å²) in [6.07, 6.45) is 0. The van der Waals surface area contributed by atoms with Crippen LogP contribution in [-0.4, -0.2) is 12.4 Å². The highest BCUT2D eigenvalue weighted by molar-refractivity contribution is 7.80. The third-order valence-electron chi connectivity index (χ3n) is 1.49. The van der Waals surface area contributed by atoms with E-state index in [1.165, 1.54) is 12.1 Å². The fourth-order valence-electron chi connectivity index (χ4n) is 0.930. The van der Waals surface area contributed by atoms with Crippen LogP contribution in [0, 0.1) is 12.7 Å². The lowest BCUT2D eigenvalue weighted by molar-refractivity contribution is 0.341. The number of ether oxygens (including phenoxy) is 1. The first-order valence-corrected chi connectivity index (χ1v) is 4.37. The lowest BCUT2D eigenvalue weighted by Crippen LogP contribution is -1.99. The average Bonchev–Trinajstić information content (AvgIpc) is 2.03. The Labute approximate surface area is 77.0 Å². The van der Waals surface area contributed by atoms with E-state index in [9.17, 15) is 4.39 Å². The molecule has 0 aromatic heterocycles. The van der Waals surface area contributed by atoms with E-state index < -0.39 is 0 Å². The molecule has 0 aliphatic heterocycles. The van der Waals surface area contributed by atoms with Gasteiger partial charge in [-0.1, -0.05) is 0 Å². The van der Waals surface area contributed by atoms with E-state index in [0.29, 0.717) is 12.4 Å². The number of halogens is 1. The van der Waals surface area contributed by atoms with Crippen LogP contribution in [0.1, 0.15) is 5.56 Å². The van der Waals surface area contributed by atoms with E-state index in [1.807, 2.05) is 6.92 Å². The summed E-state index contributed by atoms with van der Waals surface area (Å²) in [5.74, 6) is 1.16. The van der Waals surface area contributed by atoms with Crippen molar-refractivity contribution in [2.24, 2.45) is 0 Å². The zero-order chi connectivity index (χ0) is 8.97. The second kappa shape index (κ2) is 4.36. The maximum absolute atomic E-state index is 12.6. The van der Waals surface area contributed by atoms with Gasteiger partial charge in [-0.3, -0.25) is 0 Å². The topological polar surface area (TPSA) is 9.23 Å². The van der Waals surface area contributed by atoms with Crippen LogP contribution >= 0.6 is 12.6 Å². The molecule has 0 saturated heterocycles. The first-order chi connectivity index (χ1) is 5.74. The molecule has 0 fully saturated rings. The van der Waals surface area contributed by atoms with Crippen LogP contribution in [0.25, 0.3) is 0 Å². The molecular formula is C9H11FOS. The molecule has 0 heterocycles. The standard InChI is InChI=1S/C9H11FOS/c1-7-6-8(10)2-3-9(7)11-4-5-12/h2-3,6,12H,4-5H2,1H3. The molecule has 0 aliphatic carbocycles. The molecular weight excluding hydrogens is 175 g/mol. The van der Waals surface area contributed by atoms with Gasteiger partial charge in [-0.15, -0.1) is 0 Å². The maximum atomic E-state index is 12.6. The zero-order valence-corrected chi connectivity index (χ0v) is 7.77. The monoisotopic (exact) mass is 186 g/mol. The van der Waals surface area contributed by atoms with Gasteiger partial charge in [0.05, 0.1) is 6.61 Å². The first kappa shape index (κ1) is 9.39. The Morgan fingerprint density at radius 1 is 1.50 bits per heavy atom. The van der Waals surface area contributed by atoms with Gasteiger partial charge in [0.1, 0.15) is 11.6 Å². The summed E-state index contributed by atoms with van der Waals surface area (Å²) in [7, 11) is 0. The van der Waals surface area contributed by atoms with E-state index in [-0.39, 0.29) is 5.82 Å². The van der Waals surface area contributed by atoms with Crippen LogP contribution in [-0.2, 0) is 0 Å². The minimum atomic E-state index is -0.231. The molecule has 1 aromatic rings. The lowest BCUT2D eigenvalue weighted by atomic mass is 10.2. The van der Waals surface area contributed by atoms with E-state index >= 15 is 0 Å². The van der Waals surface area contributed by atoms with Crippen LogP contribution in [0.3, 0.4) is 0 Å². The summed E-state index contributed by atoms with van der Waals surface area (Å²) in [6, 6.07) is 4.48. The van der Waals surface area contributed by atoms with Gasteiger partial charge in [-0.25, -0.2) is 4.39 Å². The molecule has 0 atom stereocenters. The zero-order valence-electron chi connectivity index (χ0n) is 6.88. The van der Waals surface area contributed by atoms with Gasteiger partial charge in [-0.05, 0) is 30.7 Å². The molecule has 0 saturated carbocycles. The van der Waals surface area contributed by atoms with Crippen molar-refractivity contribution in [3.8, 4) is 5.75 Å². The quantitative estimate of drug-likeness (QED) is 0.713. The molecule has 0 amide bonds. The van der Waals surface area contributed by atoms with E-state index in [4.69, 9.17) is 4.74 Å². The van der Waals surface area contributed by atoms with Gasteiger partial charge in [0, 0.05) is 5.75 Å². The van der Waals surface area contributed by atoms with Gasteiger partial charge in [0.2, 0.25) is 0 Å². The van der Waals surface area contributed by atoms with E-state index in [1.54, 1.807) is 6.07 Å². The molecule has 0 radical (unpaired) electrons. The Hall–Kier alpha value is -0.700. The minimum Gasteiger partial charge on any atom is -0.492 e. The van der Waals surface area contributed by atoms with Crippen molar-refractivity contribution in [2.45, 2.75) is 6.92 Å². The van der Waals surface area contributed by atoms with Gasteiger partial charge in [0.15, 0.2) is 0 Å². The van der Waals surface area contributed by atoms with Crippen LogP contribution in [0.5, 0.6) is 5.75 Å². The Kier molecular flexibility index (Phi) is 3.41. The minimum absolute atomic E-state index is 0.231. The van der Waals surface area contributed by atoms with Crippen molar-refractivity contribution in [1.29, 1.82) is 0 Å². The SMILES string of the molecule is Cc1cc(F)ccc1OCCS. The van der Waals surface area contributed by atoms with Gasteiger partial charge in [-0.2, -0.15) is 12.6 Å². The molecule has 1 nitrogen and oxygen atoms in total. The van der Waals surface area contributed by atoms with E-state index in [0.717, 1.165) is 11.3 Å². The maximum Gasteiger partial charge on any atom is 0.123 e. The molecule has 0 N–H and O–H groups in total. The van der Waals surface area contributed by atoms with Crippen LogP contribution < -0.4 is 4.74 Å². The molecule has 1 aromatic carbocycles. The lowest BCUT2D eigenvalue weighted by Gasteiger charge is -2.06. The Bertz CT molecular complexity index is 263. The summed E-state index contributed by atoms with van der Waals surface area (Å²) >= 11 is 4.01. The van der Waals surface area contributed by atoms with Crippen molar-refractivity contribution >= 4 is 12.6 Å².